The molecule has 0 bridgehead atoms. The molecular formula is C23H27NO4. The topological polar surface area (TPSA) is 67.8 Å². The van der Waals surface area contributed by atoms with Crippen molar-refractivity contribution in [2.45, 2.75) is 45.3 Å². The van der Waals surface area contributed by atoms with Crippen LogP contribution in [0.25, 0.3) is 5.70 Å². The summed E-state index contributed by atoms with van der Waals surface area (Å²) in [5.74, 6) is 0.481. The van der Waals surface area contributed by atoms with Crippen molar-refractivity contribution in [2.75, 3.05) is 12.4 Å². The number of anilines is 1. The number of esters is 1. The standard InChI is InChI=1S/C23H27NO4/c1-16-12-14-17(15-13-16)24-22-18-8-6-7-10-20(18)28-23(26)19(22)9-4-3-5-11-21(25)27-2/h6-8,10,12-15,23-24,26H,3-5,9,11H2,1-2H3. The van der Waals surface area contributed by atoms with Crippen LogP contribution in [0.5, 0.6) is 5.75 Å². The highest BCUT2D eigenvalue weighted by atomic mass is 16.6. The molecule has 0 saturated heterocycles. The van der Waals surface area contributed by atoms with E-state index < -0.39 is 6.29 Å². The van der Waals surface area contributed by atoms with Gasteiger partial charge < -0.3 is 19.9 Å². The molecule has 0 fully saturated rings. The van der Waals surface area contributed by atoms with Gasteiger partial charge in [0.1, 0.15) is 5.75 Å². The second-order valence-electron chi connectivity index (χ2n) is 6.99. The van der Waals surface area contributed by atoms with Crippen LogP contribution in [0.2, 0.25) is 0 Å². The van der Waals surface area contributed by atoms with E-state index in [-0.39, 0.29) is 5.97 Å². The lowest BCUT2D eigenvalue weighted by Gasteiger charge is -2.29. The van der Waals surface area contributed by atoms with Crippen molar-refractivity contribution in [1.29, 1.82) is 0 Å². The van der Waals surface area contributed by atoms with E-state index in [1.807, 2.05) is 36.4 Å². The van der Waals surface area contributed by atoms with Crippen molar-refractivity contribution in [1.82, 2.24) is 0 Å². The van der Waals surface area contributed by atoms with Crippen molar-refractivity contribution < 1.29 is 19.4 Å². The summed E-state index contributed by atoms with van der Waals surface area (Å²) in [6.45, 7) is 2.05. The van der Waals surface area contributed by atoms with E-state index in [4.69, 9.17) is 4.74 Å². The molecule has 0 saturated carbocycles. The molecule has 3 rings (SSSR count). The number of carbonyl (C=O) groups is 1. The first-order valence-electron chi connectivity index (χ1n) is 9.66. The minimum Gasteiger partial charge on any atom is -0.469 e. The van der Waals surface area contributed by atoms with Gasteiger partial charge in [-0.15, -0.1) is 0 Å². The molecule has 0 amide bonds. The summed E-state index contributed by atoms with van der Waals surface area (Å²) < 4.78 is 10.4. The summed E-state index contributed by atoms with van der Waals surface area (Å²) in [7, 11) is 1.41. The molecule has 5 heteroatoms. The number of fused-ring (bicyclic) bond motifs is 1. The van der Waals surface area contributed by atoms with Crippen LogP contribution in [0, 0.1) is 6.92 Å². The van der Waals surface area contributed by atoms with E-state index in [0.29, 0.717) is 18.6 Å². The fraction of sp³-hybridized carbons (Fsp3) is 0.348. The van der Waals surface area contributed by atoms with Crippen LogP contribution in [0.3, 0.4) is 0 Å². The third-order valence-electron chi connectivity index (χ3n) is 4.89. The number of unbranched alkanes of at least 4 members (excludes halogenated alkanes) is 2. The molecule has 0 spiro atoms. The van der Waals surface area contributed by atoms with Gasteiger partial charge in [-0.1, -0.05) is 36.2 Å². The second kappa shape index (κ2) is 9.42. The van der Waals surface area contributed by atoms with E-state index in [1.165, 1.54) is 12.7 Å². The van der Waals surface area contributed by atoms with Crippen molar-refractivity contribution >= 4 is 17.4 Å². The molecule has 1 aliphatic heterocycles. The highest BCUT2D eigenvalue weighted by Gasteiger charge is 2.26. The maximum atomic E-state index is 11.2. The van der Waals surface area contributed by atoms with Gasteiger partial charge >= 0.3 is 5.97 Å². The van der Waals surface area contributed by atoms with Crippen molar-refractivity contribution in [2.24, 2.45) is 0 Å². The number of nitrogens with one attached hydrogen (secondary N) is 1. The zero-order chi connectivity index (χ0) is 19.9. The summed E-state index contributed by atoms with van der Waals surface area (Å²) in [6, 6.07) is 15.9. The molecule has 0 aromatic heterocycles. The maximum Gasteiger partial charge on any atom is 0.305 e. The van der Waals surface area contributed by atoms with Crippen LogP contribution in [0.1, 0.15) is 43.2 Å². The van der Waals surface area contributed by atoms with Gasteiger partial charge in [0.05, 0.1) is 12.8 Å². The Morgan fingerprint density at radius 2 is 1.86 bits per heavy atom. The molecule has 1 aliphatic rings. The molecule has 2 aromatic rings. The quantitative estimate of drug-likeness (QED) is 0.514. The van der Waals surface area contributed by atoms with Gasteiger partial charge in [-0.3, -0.25) is 4.79 Å². The van der Waals surface area contributed by atoms with Gasteiger partial charge in [0, 0.05) is 23.2 Å². The Bertz CT molecular complexity index is 842. The lowest BCUT2D eigenvalue weighted by atomic mass is 9.97. The Morgan fingerprint density at radius 3 is 2.61 bits per heavy atom. The molecule has 2 N–H and O–H groups in total. The monoisotopic (exact) mass is 381 g/mol. The number of para-hydroxylation sites is 1. The molecule has 0 radical (unpaired) electrons. The summed E-state index contributed by atoms with van der Waals surface area (Å²) in [4.78, 5) is 11.2. The Labute approximate surface area is 166 Å². The number of hydrogen-bond acceptors (Lipinski definition) is 5. The fourth-order valence-corrected chi connectivity index (χ4v) is 3.30. The summed E-state index contributed by atoms with van der Waals surface area (Å²) in [5.41, 5.74) is 4.83. The highest BCUT2D eigenvalue weighted by Crippen LogP contribution is 2.37. The third kappa shape index (κ3) is 4.93. The molecule has 1 atom stereocenters. The smallest absolute Gasteiger partial charge is 0.305 e. The van der Waals surface area contributed by atoms with Crippen LogP contribution < -0.4 is 10.1 Å². The predicted molar refractivity (Wildman–Crippen MR) is 110 cm³/mol. The van der Waals surface area contributed by atoms with Gasteiger partial charge in [-0.25, -0.2) is 0 Å². The van der Waals surface area contributed by atoms with Crippen LogP contribution in [0.15, 0.2) is 54.1 Å². The van der Waals surface area contributed by atoms with Gasteiger partial charge in [0.15, 0.2) is 0 Å². The molecule has 1 heterocycles. The van der Waals surface area contributed by atoms with Crippen LogP contribution in [0.4, 0.5) is 5.69 Å². The number of ether oxygens (including phenoxy) is 2. The van der Waals surface area contributed by atoms with Gasteiger partial charge in [-0.2, -0.15) is 0 Å². The number of aliphatic hydroxyl groups is 1. The first-order valence-corrected chi connectivity index (χ1v) is 9.66. The van der Waals surface area contributed by atoms with Gasteiger partial charge in [0.25, 0.3) is 0 Å². The Balaban J connectivity index is 1.79. The van der Waals surface area contributed by atoms with Crippen molar-refractivity contribution in [3.63, 3.8) is 0 Å². The molecule has 2 aromatic carbocycles. The predicted octanol–water partition coefficient (Wildman–Crippen LogP) is 4.65. The van der Waals surface area contributed by atoms with E-state index in [9.17, 15) is 9.90 Å². The van der Waals surface area contributed by atoms with Crippen LogP contribution in [-0.2, 0) is 9.53 Å². The highest BCUT2D eigenvalue weighted by molar-refractivity contribution is 5.83. The average Bonchev–Trinajstić information content (AvgIpc) is 2.70. The first kappa shape index (κ1) is 20.0. The van der Waals surface area contributed by atoms with Gasteiger partial charge in [-0.05, 0) is 50.5 Å². The number of carbonyl (C=O) groups excluding carboxylic acids is 1. The van der Waals surface area contributed by atoms with E-state index in [0.717, 1.165) is 41.8 Å². The van der Waals surface area contributed by atoms with E-state index in [1.54, 1.807) is 0 Å². The van der Waals surface area contributed by atoms with Crippen molar-refractivity contribution in [3.8, 4) is 5.75 Å². The lowest BCUT2D eigenvalue weighted by molar-refractivity contribution is -0.140. The Hall–Kier alpha value is -2.79. The maximum absolute atomic E-state index is 11.2. The summed E-state index contributed by atoms with van der Waals surface area (Å²) >= 11 is 0. The number of hydrogen-bond donors (Lipinski definition) is 2. The van der Waals surface area contributed by atoms with Crippen molar-refractivity contribution in [3.05, 3.63) is 65.2 Å². The lowest BCUT2D eigenvalue weighted by Crippen LogP contribution is -2.26. The average molecular weight is 381 g/mol. The first-order chi connectivity index (χ1) is 13.6. The number of methoxy groups -OCH3 is 1. The largest absolute Gasteiger partial charge is 0.469 e. The molecule has 28 heavy (non-hydrogen) atoms. The molecule has 0 aliphatic carbocycles. The van der Waals surface area contributed by atoms with Gasteiger partial charge in [0.2, 0.25) is 6.29 Å². The summed E-state index contributed by atoms with van der Waals surface area (Å²) in [6.07, 6.45) is 2.63. The molecule has 148 valence electrons. The zero-order valence-electron chi connectivity index (χ0n) is 16.4. The SMILES string of the molecule is COC(=O)CCCCCC1=C(Nc2ccc(C)cc2)c2ccccc2OC1O. The number of benzene rings is 2. The second-order valence-corrected chi connectivity index (χ2v) is 6.99. The fourth-order valence-electron chi connectivity index (χ4n) is 3.30. The minimum absolute atomic E-state index is 0.184. The van der Waals surface area contributed by atoms with E-state index in [2.05, 4.69) is 29.1 Å². The van der Waals surface area contributed by atoms with Crippen LogP contribution in [-0.4, -0.2) is 24.5 Å². The van der Waals surface area contributed by atoms with E-state index >= 15 is 0 Å². The Kier molecular flexibility index (Phi) is 6.71. The molecule has 5 nitrogen and oxygen atoms in total. The summed E-state index contributed by atoms with van der Waals surface area (Å²) in [5, 5.41) is 14.1. The number of aryl methyl sites for hydroxylation is 1. The number of aliphatic hydroxyl groups excluding tert-OH is 1. The minimum atomic E-state index is -0.983. The number of rotatable bonds is 8. The third-order valence-corrected chi connectivity index (χ3v) is 4.89. The molecule has 1 unspecified atom stereocenters. The normalized spacial score (nSPS) is 15.6. The Morgan fingerprint density at radius 1 is 1.11 bits per heavy atom. The molecular weight excluding hydrogens is 354 g/mol. The zero-order valence-corrected chi connectivity index (χ0v) is 16.4. The van der Waals surface area contributed by atoms with Crippen LogP contribution >= 0.6 is 0 Å².